The molecule has 9 heteroatoms. The predicted octanol–water partition coefficient (Wildman–Crippen LogP) is 2.41. The number of methoxy groups -OCH3 is 1. The fraction of sp³-hybridized carbons (Fsp3) is 0.407. The molecule has 0 bridgehead atoms. The number of nitrogens with one attached hydrogen (secondary N) is 1. The van der Waals surface area contributed by atoms with Crippen molar-refractivity contribution >= 4 is 22.8 Å². The van der Waals surface area contributed by atoms with Crippen LogP contribution in [-0.2, 0) is 11.2 Å². The summed E-state index contributed by atoms with van der Waals surface area (Å²) in [4.78, 5) is 38.7. The number of carbonyl (C=O) groups excluding carboxylic acids is 2. The summed E-state index contributed by atoms with van der Waals surface area (Å²) in [6, 6.07) is 11.4. The van der Waals surface area contributed by atoms with Crippen LogP contribution < -0.4 is 4.74 Å². The van der Waals surface area contributed by atoms with Crippen LogP contribution in [0.1, 0.15) is 22.9 Å². The van der Waals surface area contributed by atoms with Gasteiger partial charge >= 0.3 is 6.03 Å². The first kappa shape index (κ1) is 22.9. The number of hydrogen-bond donors (Lipinski definition) is 2. The van der Waals surface area contributed by atoms with Crippen LogP contribution in [0, 0.1) is 0 Å². The van der Waals surface area contributed by atoms with Crippen molar-refractivity contribution in [1.29, 1.82) is 0 Å². The topological polar surface area (TPSA) is 92.4 Å². The first-order valence-electron chi connectivity index (χ1n) is 12.5. The standard InChI is InChI=1S/C27H31N5O4/c1-29-8-10-30(11-9-29)12-13-31-26(34)23-16-21-20-15-19(36-2)6-7-22(20)28-24(21)25(32(23)27(31)35)17-4-3-5-18(33)14-17/h3-7,14-15,23,25,28,33H,8-13,16H2,1-2H3. The lowest BCUT2D eigenvalue weighted by Crippen LogP contribution is -2.47. The van der Waals surface area contributed by atoms with Crippen LogP contribution in [0.15, 0.2) is 42.5 Å². The second-order valence-corrected chi connectivity index (χ2v) is 9.97. The Labute approximate surface area is 209 Å². The molecule has 1 aromatic heterocycles. The van der Waals surface area contributed by atoms with Gasteiger partial charge in [-0.25, -0.2) is 4.79 Å². The number of aromatic hydroxyl groups is 1. The summed E-state index contributed by atoms with van der Waals surface area (Å²) >= 11 is 0. The fourth-order valence-electron chi connectivity index (χ4n) is 5.84. The van der Waals surface area contributed by atoms with Crippen LogP contribution in [0.2, 0.25) is 0 Å². The van der Waals surface area contributed by atoms with E-state index in [1.807, 2.05) is 24.3 Å². The molecule has 2 N–H and O–H groups in total. The highest BCUT2D eigenvalue weighted by Crippen LogP contribution is 2.44. The van der Waals surface area contributed by atoms with Gasteiger partial charge in [0, 0.05) is 62.3 Å². The molecule has 2 unspecified atom stereocenters. The molecule has 0 saturated carbocycles. The molecule has 0 aliphatic carbocycles. The van der Waals surface area contributed by atoms with Gasteiger partial charge in [0.15, 0.2) is 0 Å². The van der Waals surface area contributed by atoms with Crippen LogP contribution >= 0.6 is 0 Å². The highest BCUT2D eigenvalue weighted by atomic mass is 16.5. The minimum absolute atomic E-state index is 0.124. The van der Waals surface area contributed by atoms with Gasteiger partial charge in [0.1, 0.15) is 23.6 Å². The Morgan fingerprint density at radius 3 is 2.61 bits per heavy atom. The van der Waals surface area contributed by atoms with Gasteiger partial charge < -0.3 is 19.7 Å². The zero-order valence-corrected chi connectivity index (χ0v) is 20.6. The minimum atomic E-state index is -0.588. The molecular formula is C27H31N5O4. The van der Waals surface area contributed by atoms with E-state index in [9.17, 15) is 14.7 Å². The van der Waals surface area contributed by atoms with Gasteiger partial charge in [0.05, 0.1) is 7.11 Å². The SMILES string of the molecule is COc1ccc2[nH]c3c(c2c1)CC1C(=O)N(CCN2CCN(C)CC2)C(=O)N1C3c1cccc(O)c1. The Bertz CT molecular complexity index is 1330. The summed E-state index contributed by atoms with van der Waals surface area (Å²) in [5.74, 6) is 0.712. The van der Waals surface area contributed by atoms with Crippen molar-refractivity contribution in [3.63, 3.8) is 0 Å². The largest absolute Gasteiger partial charge is 0.508 e. The number of nitrogens with zero attached hydrogens (tertiary/aromatic N) is 4. The molecule has 4 heterocycles. The van der Waals surface area contributed by atoms with E-state index in [-0.39, 0.29) is 17.7 Å². The molecule has 2 fully saturated rings. The van der Waals surface area contributed by atoms with E-state index in [4.69, 9.17) is 4.74 Å². The summed E-state index contributed by atoms with van der Waals surface area (Å²) in [7, 11) is 3.74. The van der Waals surface area contributed by atoms with Gasteiger partial charge in [-0.05, 0) is 48.5 Å². The number of likely N-dealkylation sites (N-methyl/N-ethyl adjacent to an activating group) is 1. The zero-order valence-electron chi connectivity index (χ0n) is 20.6. The summed E-state index contributed by atoms with van der Waals surface area (Å²) in [6.07, 6.45) is 0.438. The van der Waals surface area contributed by atoms with Crippen LogP contribution in [0.5, 0.6) is 11.5 Å². The van der Waals surface area contributed by atoms with Crippen LogP contribution in [0.3, 0.4) is 0 Å². The van der Waals surface area contributed by atoms with E-state index in [1.54, 1.807) is 30.2 Å². The Morgan fingerprint density at radius 2 is 1.86 bits per heavy atom. The number of rotatable bonds is 5. The number of carbonyl (C=O) groups is 2. The number of amides is 3. The average molecular weight is 490 g/mol. The van der Waals surface area contributed by atoms with Gasteiger partial charge in [0.25, 0.3) is 5.91 Å². The third-order valence-electron chi connectivity index (χ3n) is 7.86. The van der Waals surface area contributed by atoms with Crippen molar-refractivity contribution in [2.24, 2.45) is 0 Å². The van der Waals surface area contributed by atoms with Crippen LogP contribution in [-0.4, -0.2) is 101 Å². The monoisotopic (exact) mass is 489 g/mol. The molecule has 2 atom stereocenters. The molecule has 6 rings (SSSR count). The Kier molecular flexibility index (Phi) is 5.61. The zero-order chi connectivity index (χ0) is 25.0. The molecule has 3 amide bonds. The highest BCUT2D eigenvalue weighted by Gasteiger charge is 2.52. The van der Waals surface area contributed by atoms with Gasteiger partial charge in [-0.15, -0.1) is 0 Å². The summed E-state index contributed by atoms with van der Waals surface area (Å²) in [6.45, 7) is 4.90. The van der Waals surface area contributed by atoms with Gasteiger partial charge in [-0.2, -0.15) is 0 Å². The Balaban J connectivity index is 1.38. The fourth-order valence-corrected chi connectivity index (χ4v) is 5.84. The molecular weight excluding hydrogens is 458 g/mol. The number of hydrogen-bond acceptors (Lipinski definition) is 6. The second kappa shape index (κ2) is 8.83. The lowest BCUT2D eigenvalue weighted by Gasteiger charge is -2.36. The van der Waals surface area contributed by atoms with Crippen molar-refractivity contribution in [2.45, 2.75) is 18.5 Å². The van der Waals surface area contributed by atoms with Crippen molar-refractivity contribution in [1.82, 2.24) is 24.6 Å². The number of phenolic OH excluding ortho intramolecular Hbond substituents is 1. The lowest BCUT2D eigenvalue weighted by atomic mass is 9.89. The second-order valence-electron chi connectivity index (χ2n) is 9.97. The average Bonchev–Trinajstić information content (AvgIpc) is 3.36. The third-order valence-corrected chi connectivity index (χ3v) is 7.86. The maximum Gasteiger partial charge on any atom is 0.328 e. The maximum atomic E-state index is 13.8. The lowest BCUT2D eigenvalue weighted by molar-refractivity contribution is -0.128. The Hall–Kier alpha value is -3.56. The number of piperazine rings is 1. The quantitative estimate of drug-likeness (QED) is 0.535. The van der Waals surface area contributed by atoms with Crippen molar-refractivity contribution in [2.75, 3.05) is 53.4 Å². The summed E-state index contributed by atoms with van der Waals surface area (Å²) in [5.41, 5.74) is 3.59. The van der Waals surface area contributed by atoms with Crippen molar-refractivity contribution in [3.05, 3.63) is 59.3 Å². The smallest absolute Gasteiger partial charge is 0.328 e. The normalized spacial score (nSPS) is 22.8. The molecule has 188 valence electrons. The maximum absolute atomic E-state index is 13.8. The molecule has 0 radical (unpaired) electrons. The first-order chi connectivity index (χ1) is 17.4. The van der Waals surface area contributed by atoms with Crippen LogP contribution in [0.4, 0.5) is 4.79 Å². The van der Waals surface area contributed by atoms with E-state index in [2.05, 4.69) is 21.8 Å². The number of ether oxygens (including phenoxy) is 1. The van der Waals surface area contributed by atoms with Gasteiger partial charge in [0.2, 0.25) is 0 Å². The summed E-state index contributed by atoms with van der Waals surface area (Å²) < 4.78 is 5.45. The van der Waals surface area contributed by atoms with E-state index in [1.165, 1.54) is 4.90 Å². The number of imide groups is 1. The number of H-pyrrole nitrogens is 1. The molecule has 3 aliphatic heterocycles. The molecule has 9 nitrogen and oxygen atoms in total. The minimum Gasteiger partial charge on any atom is -0.508 e. The molecule has 2 aromatic carbocycles. The van der Waals surface area contributed by atoms with Gasteiger partial charge in [-0.1, -0.05) is 12.1 Å². The molecule has 3 aliphatic rings. The molecule has 36 heavy (non-hydrogen) atoms. The third kappa shape index (κ3) is 3.70. The van der Waals surface area contributed by atoms with Crippen LogP contribution in [0.25, 0.3) is 10.9 Å². The number of fused-ring (bicyclic) bond motifs is 4. The first-order valence-corrected chi connectivity index (χ1v) is 12.5. The van der Waals surface area contributed by atoms with E-state index in [0.717, 1.165) is 59.7 Å². The molecule has 0 spiro atoms. The number of aromatic amines is 1. The number of benzene rings is 2. The van der Waals surface area contributed by atoms with E-state index in [0.29, 0.717) is 19.5 Å². The number of phenols is 1. The van der Waals surface area contributed by atoms with E-state index < -0.39 is 12.1 Å². The van der Waals surface area contributed by atoms with Crippen molar-refractivity contribution in [3.8, 4) is 11.5 Å². The highest BCUT2D eigenvalue weighted by molar-refractivity contribution is 6.05. The predicted molar refractivity (Wildman–Crippen MR) is 135 cm³/mol. The summed E-state index contributed by atoms with van der Waals surface area (Å²) in [5, 5.41) is 11.2. The van der Waals surface area contributed by atoms with Crippen molar-refractivity contribution < 1.29 is 19.4 Å². The molecule has 3 aromatic rings. The Morgan fingerprint density at radius 1 is 1.06 bits per heavy atom. The van der Waals surface area contributed by atoms with E-state index >= 15 is 0 Å². The number of urea groups is 1. The number of aromatic nitrogens is 1. The molecule has 2 saturated heterocycles. The van der Waals surface area contributed by atoms with Gasteiger partial charge in [-0.3, -0.25) is 19.5 Å².